The number of ether oxygens (including phenoxy) is 1. The number of aliphatic hydroxyl groups excluding tert-OH is 2. The second-order valence-electron chi connectivity index (χ2n) is 6.00. The van der Waals surface area contributed by atoms with Gasteiger partial charge in [0.25, 0.3) is 5.91 Å². The van der Waals surface area contributed by atoms with E-state index in [4.69, 9.17) is 4.74 Å². The van der Waals surface area contributed by atoms with Gasteiger partial charge >= 0.3 is 0 Å². The molecule has 134 valence electrons. The molecule has 2 aromatic heterocycles. The number of hydrogen-bond donors (Lipinski definition) is 3. The summed E-state index contributed by atoms with van der Waals surface area (Å²) in [5, 5.41) is 26.1. The van der Waals surface area contributed by atoms with Gasteiger partial charge in [0.15, 0.2) is 5.65 Å². The average molecular weight is 355 g/mol. The van der Waals surface area contributed by atoms with Gasteiger partial charge in [-0.1, -0.05) is 18.2 Å². The predicted octanol–water partition coefficient (Wildman–Crippen LogP) is 0.560. The van der Waals surface area contributed by atoms with Gasteiger partial charge in [-0.2, -0.15) is 9.61 Å². The number of hydrogen-bond acceptors (Lipinski definition) is 7. The van der Waals surface area contributed by atoms with E-state index in [0.29, 0.717) is 23.2 Å². The number of anilines is 1. The maximum atomic E-state index is 12.3. The van der Waals surface area contributed by atoms with Gasteiger partial charge in [-0.3, -0.25) is 10.1 Å². The summed E-state index contributed by atoms with van der Waals surface area (Å²) in [6.07, 6.45) is 1.41. The van der Waals surface area contributed by atoms with Crippen LogP contribution in [0.5, 0.6) is 0 Å². The number of carbonyl (C=O) groups excluding carboxylic acids is 1. The molecule has 0 aliphatic carbocycles. The molecular weight excluding hydrogens is 338 g/mol. The fourth-order valence-electron chi connectivity index (χ4n) is 3.00. The molecule has 1 fully saturated rings. The largest absolute Gasteiger partial charge is 0.394 e. The van der Waals surface area contributed by atoms with Crippen molar-refractivity contribution in [2.75, 3.05) is 11.9 Å². The molecule has 9 heteroatoms. The molecule has 1 saturated heterocycles. The number of aromatic nitrogens is 4. The number of amides is 1. The van der Waals surface area contributed by atoms with Crippen molar-refractivity contribution >= 4 is 17.5 Å². The molecule has 1 aliphatic heterocycles. The molecule has 3 aromatic rings. The monoisotopic (exact) mass is 355 g/mol. The molecule has 4 rings (SSSR count). The minimum absolute atomic E-state index is 0.229. The molecule has 3 N–H and O–H groups in total. The number of rotatable bonds is 4. The van der Waals surface area contributed by atoms with E-state index in [-0.39, 0.29) is 18.5 Å². The van der Waals surface area contributed by atoms with Gasteiger partial charge in [0.1, 0.15) is 12.4 Å². The fraction of sp³-hybridized carbons (Fsp3) is 0.294. The lowest BCUT2D eigenvalue weighted by molar-refractivity contribution is -0.0222. The number of nitrogens with one attached hydrogen (secondary N) is 1. The number of aliphatic hydroxyl groups is 2. The molecule has 0 spiro atoms. The molecule has 26 heavy (non-hydrogen) atoms. The minimum atomic E-state index is -0.751. The Bertz CT molecular complexity index is 929. The second-order valence-corrected chi connectivity index (χ2v) is 6.00. The predicted molar refractivity (Wildman–Crippen MR) is 90.5 cm³/mol. The molecule has 3 atom stereocenters. The summed E-state index contributed by atoms with van der Waals surface area (Å²) in [4.78, 5) is 20.6. The van der Waals surface area contributed by atoms with Crippen molar-refractivity contribution in [2.24, 2.45) is 0 Å². The van der Waals surface area contributed by atoms with Gasteiger partial charge in [0.2, 0.25) is 5.95 Å². The lowest BCUT2D eigenvalue weighted by Crippen LogP contribution is -2.24. The number of nitrogens with zero attached hydrogens (tertiary/aromatic N) is 4. The van der Waals surface area contributed by atoms with Crippen LogP contribution in [-0.2, 0) is 4.74 Å². The highest BCUT2D eigenvalue weighted by atomic mass is 16.5. The van der Waals surface area contributed by atoms with E-state index < -0.39 is 18.3 Å². The second kappa shape index (κ2) is 6.79. The Morgan fingerprint density at radius 3 is 2.85 bits per heavy atom. The van der Waals surface area contributed by atoms with Crippen LogP contribution in [0.4, 0.5) is 5.95 Å². The third kappa shape index (κ3) is 2.92. The van der Waals surface area contributed by atoms with Gasteiger partial charge in [0.05, 0.1) is 25.0 Å². The third-order valence-electron chi connectivity index (χ3n) is 4.34. The third-order valence-corrected chi connectivity index (χ3v) is 4.34. The SMILES string of the molecule is O=C(Nc1ncnc2c([C@H]3C[C@H](O)[C@@H](CO)O3)cnn12)c1ccccc1. The van der Waals surface area contributed by atoms with E-state index in [2.05, 4.69) is 20.4 Å². The summed E-state index contributed by atoms with van der Waals surface area (Å²) in [7, 11) is 0. The van der Waals surface area contributed by atoms with Crippen LogP contribution in [0.1, 0.15) is 28.4 Å². The maximum absolute atomic E-state index is 12.3. The van der Waals surface area contributed by atoms with E-state index in [1.54, 1.807) is 30.5 Å². The van der Waals surface area contributed by atoms with Gasteiger partial charge in [-0.15, -0.1) is 0 Å². The van der Waals surface area contributed by atoms with Crippen molar-refractivity contribution in [3.63, 3.8) is 0 Å². The van der Waals surface area contributed by atoms with Gasteiger partial charge in [-0.05, 0) is 12.1 Å². The standard InChI is InChI=1S/C17H17N5O4/c23-8-14-12(24)6-13(26-14)11-7-20-22-15(11)18-9-19-17(22)21-16(25)10-4-2-1-3-5-10/h1-5,7,9,12-14,23-24H,6,8H2,(H,18,19,21,25)/t12-,13+,14+/m0/s1. The molecule has 0 saturated carbocycles. The van der Waals surface area contributed by atoms with Crippen LogP contribution in [0.2, 0.25) is 0 Å². The fourth-order valence-corrected chi connectivity index (χ4v) is 3.00. The first-order valence-electron chi connectivity index (χ1n) is 8.17. The molecule has 9 nitrogen and oxygen atoms in total. The summed E-state index contributed by atoms with van der Waals surface area (Å²) in [6, 6.07) is 8.78. The Morgan fingerprint density at radius 1 is 1.31 bits per heavy atom. The lowest BCUT2D eigenvalue weighted by Gasteiger charge is -2.11. The van der Waals surface area contributed by atoms with Crippen LogP contribution in [-0.4, -0.2) is 54.5 Å². The summed E-state index contributed by atoms with van der Waals surface area (Å²) >= 11 is 0. The number of carbonyl (C=O) groups is 1. The zero-order valence-corrected chi connectivity index (χ0v) is 13.7. The van der Waals surface area contributed by atoms with Crippen molar-refractivity contribution in [3.8, 4) is 0 Å². The van der Waals surface area contributed by atoms with Crippen LogP contribution in [0, 0.1) is 0 Å². The molecule has 1 amide bonds. The minimum Gasteiger partial charge on any atom is -0.394 e. The average Bonchev–Trinajstić information content (AvgIpc) is 3.26. The molecule has 1 aliphatic rings. The van der Waals surface area contributed by atoms with Crippen molar-refractivity contribution in [1.82, 2.24) is 19.6 Å². The topological polar surface area (TPSA) is 122 Å². The lowest BCUT2D eigenvalue weighted by atomic mass is 10.1. The molecule has 3 heterocycles. The smallest absolute Gasteiger partial charge is 0.258 e. The Kier molecular flexibility index (Phi) is 4.33. The molecular formula is C17H17N5O4. The number of fused-ring (bicyclic) bond motifs is 1. The first kappa shape index (κ1) is 16.6. The quantitative estimate of drug-likeness (QED) is 0.625. The van der Waals surface area contributed by atoms with Crippen LogP contribution in [0.25, 0.3) is 5.65 Å². The van der Waals surface area contributed by atoms with Gasteiger partial charge in [-0.25, -0.2) is 9.97 Å². The number of benzene rings is 1. The van der Waals surface area contributed by atoms with Crippen LogP contribution in [0.3, 0.4) is 0 Å². The van der Waals surface area contributed by atoms with Crippen LogP contribution in [0.15, 0.2) is 42.9 Å². The first-order chi connectivity index (χ1) is 12.7. The highest BCUT2D eigenvalue weighted by Crippen LogP contribution is 2.34. The van der Waals surface area contributed by atoms with Gasteiger partial charge in [0, 0.05) is 17.5 Å². The van der Waals surface area contributed by atoms with Crippen molar-refractivity contribution in [3.05, 3.63) is 54.0 Å². The van der Waals surface area contributed by atoms with E-state index in [0.717, 1.165) is 0 Å². The van der Waals surface area contributed by atoms with E-state index >= 15 is 0 Å². The van der Waals surface area contributed by atoms with Crippen molar-refractivity contribution in [2.45, 2.75) is 24.7 Å². The Balaban J connectivity index is 1.63. The highest BCUT2D eigenvalue weighted by Gasteiger charge is 2.36. The Labute approximate surface area is 148 Å². The van der Waals surface area contributed by atoms with Gasteiger partial charge < -0.3 is 14.9 Å². The van der Waals surface area contributed by atoms with Crippen molar-refractivity contribution in [1.29, 1.82) is 0 Å². The van der Waals surface area contributed by atoms with E-state index in [9.17, 15) is 15.0 Å². The van der Waals surface area contributed by atoms with Crippen molar-refractivity contribution < 1.29 is 19.7 Å². The molecule has 0 unspecified atom stereocenters. The Morgan fingerprint density at radius 2 is 2.12 bits per heavy atom. The van der Waals surface area contributed by atoms with E-state index in [1.807, 2.05) is 6.07 Å². The maximum Gasteiger partial charge on any atom is 0.258 e. The summed E-state index contributed by atoms with van der Waals surface area (Å²) < 4.78 is 7.08. The summed E-state index contributed by atoms with van der Waals surface area (Å²) in [6.45, 7) is -0.260. The molecule has 0 radical (unpaired) electrons. The zero-order chi connectivity index (χ0) is 18.1. The summed E-state index contributed by atoms with van der Waals surface area (Å²) in [5.41, 5.74) is 1.64. The van der Waals surface area contributed by atoms with E-state index in [1.165, 1.54) is 10.8 Å². The zero-order valence-electron chi connectivity index (χ0n) is 13.7. The van der Waals surface area contributed by atoms with Crippen LogP contribution >= 0.6 is 0 Å². The van der Waals surface area contributed by atoms with Crippen LogP contribution < -0.4 is 5.32 Å². The normalized spacial score (nSPS) is 22.6. The Hall–Kier alpha value is -2.88. The summed E-state index contributed by atoms with van der Waals surface area (Å²) in [5.74, 6) is -0.0807. The molecule has 1 aromatic carbocycles. The first-order valence-corrected chi connectivity index (χ1v) is 8.17. The highest BCUT2D eigenvalue weighted by molar-refractivity contribution is 6.03. The molecule has 0 bridgehead atoms.